The minimum Gasteiger partial charge on any atom is -0.339 e. The largest absolute Gasteiger partial charge is 0.339 e. The number of hydrogen-bond donors (Lipinski definition) is 0. The fourth-order valence-corrected chi connectivity index (χ4v) is 4.85. The van der Waals surface area contributed by atoms with Crippen molar-refractivity contribution in [3.63, 3.8) is 0 Å². The molecule has 5 rings (SSSR count). The van der Waals surface area contributed by atoms with Crippen molar-refractivity contribution in [2.24, 2.45) is 5.92 Å². The molecule has 1 amide bonds. The molecule has 0 saturated carbocycles. The van der Waals surface area contributed by atoms with E-state index in [0.717, 1.165) is 26.5 Å². The van der Waals surface area contributed by atoms with Gasteiger partial charge in [-0.05, 0) is 38.0 Å². The average Bonchev–Trinajstić information content (AvgIpc) is 3.30. The van der Waals surface area contributed by atoms with Crippen LogP contribution in [0.15, 0.2) is 54.7 Å². The molecule has 2 aromatic heterocycles. The van der Waals surface area contributed by atoms with E-state index >= 15 is 0 Å². The molecule has 1 aliphatic rings. The molecule has 4 aromatic rings. The van der Waals surface area contributed by atoms with Gasteiger partial charge >= 0.3 is 0 Å². The fourth-order valence-electron chi connectivity index (χ4n) is 4.16. The van der Waals surface area contributed by atoms with Gasteiger partial charge in [-0.3, -0.25) is 9.59 Å². The highest BCUT2D eigenvalue weighted by atomic mass is 32.1. The molecular weight excluding hydrogens is 434 g/mol. The lowest BCUT2D eigenvalue weighted by molar-refractivity contribution is -0.123. The van der Waals surface area contributed by atoms with Gasteiger partial charge in [0.15, 0.2) is 0 Å². The van der Waals surface area contributed by atoms with E-state index in [0.29, 0.717) is 37.3 Å². The standard InChI is InChI=1S/C25H23N5O2S/c1-16-28-29-24(33-16)19-7-8-20-15-26-23(27-21(20)13-19)14-22(31)17-9-11-30(12-10-17)25(32)18-5-3-2-4-6-18/h2-8,13,15,17H,9-12,14H2,1H3. The zero-order valence-electron chi connectivity index (χ0n) is 18.3. The number of likely N-dealkylation sites (tertiary alicyclic amines) is 1. The van der Waals surface area contributed by atoms with Gasteiger partial charge in [-0.1, -0.05) is 41.7 Å². The summed E-state index contributed by atoms with van der Waals surface area (Å²) in [5, 5.41) is 11.0. The number of benzene rings is 2. The predicted octanol–water partition coefficient (Wildman–Crippen LogP) is 4.12. The number of hydrogen-bond acceptors (Lipinski definition) is 7. The molecule has 166 valence electrons. The monoisotopic (exact) mass is 457 g/mol. The number of carbonyl (C=O) groups excluding carboxylic acids is 2. The van der Waals surface area contributed by atoms with Crippen LogP contribution in [-0.4, -0.2) is 49.8 Å². The lowest BCUT2D eigenvalue weighted by Gasteiger charge is -2.31. The van der Waals surface area contributed by atoms with Gasteiger partial charge in [-0.2, -0.15) is 0 Å². The molecule has 3 heterocycles. The van der Waals surface area contributed by atoms with Gasteiger partial charge in [0.25, 0.3) is 5.91 Å². The maximum atomic E-state index is 12.9. The van der Waals surface area contributed by atoms with Crippen molar-refractivity contribution in [3.8, 4) is 10.6 Å². The molecular formula is C25H23N5O2S. The second-order valence-electron chi connectivity index (χ2n) is 8.26. The fraction of sp³-hybridized carbons (Fsp3) is 0.280. The van der Waals surface area contributed by atoms with Gasteiger partial charge < -0.3 is 4.90 Å². The van der Waals surface area contributed by atoms with Gasteiger partial charge in [-0.15, -0.1) is 10.2 Å². The number of nitrogens with zero attached hydrogens (tertiary/aromatic N) is 5. The SMILES string of the molecule is Cc1nnc(-c2ccc3cnc(CC(=O)C4CCN(C(=O)c5ccccc5)CC4)nc3c2)s1. The molecule has 1 fully saturated rings. The van der Waals surface area contributed by atoms with Crippen LogP contribution in [0.3, 0.4) is 0 Å². The Labute approximate surface area is 195 Å². The lowest BCUT2D eigenvalue weighted by atomic mass is 9.90. The Morgan fingerprint density at radius 1 is 1.06 bits per heavy atom. The predicted molar refractivity (Wildman–Crippen MR) is 127 cm³/mol. The van der Waals surface area contributed by atoms with Gasteiger partial charge in [0.2, 0.25) is 0 Å². The van der Waals surface area contributed by atoms with Crippen LogP contribution in [0.1, 0.15) is 34.0 Å². The minimum absolute atomic E-state index is 0.0285. The van der Waals surface area contributed by atoms with Crippen LogP contribution in [0.4, 0.5) is 0 Å². The van der Waals surface area contributed by atoms with Crippen molar-refractivity contribution in [2.75, 3.05) is 13.1 Å². The third-order valence-electron chi connectivity index (χ3n) is 6.00. The van der Waals surface area contributed by atoms with Gasteiger partial charge in [0.05, 0.1) is 11.9 Å². The number of aromatic nitrogens is 4. The molecule has 2 aromatic carbocycles. The van der Waals surface area contributed by atoms with Crippen molar-refractivity contribution >= 4 is 33.9 Å². The number of aryl methyl sites for hydroxylation is 1. The summed E-state index contributed by atoms with van der Waals surface area (Å²) >= 11 is 1.54. The third kappa shape index (κ3) is 4.66. The minimum atomic E-state index is -0.0696. The Bertz CT molecular complexity index is 1310. The van der Waals surface area contributed by atoms with Crippen molar-refractivity contribution in [1.29, 1.82) is 0 Å². The first-order chi connectivity index (χ1) is 16.1. The Kier molecular flexibility index (Phi) is 5.92. The van der Waals surface area contributed by atoms with E-state index in [1.54, 1.807) is 6.20 Å². The molecule has 7 nitrogen and oxygen atoms in total. The third-order valence-corrected chi connectivity index (χ3v) is 6.88. The van der Waals surface area contributed by atoms with E-state index < -0.39 is 0 Å². The molecule has 0 unspecified atom stereocenters. The first-order valence-electron chi connectivity index (χ1n) is 11.0. The second-order valence-corrected chi connectivity index (χ2v) is 9.44. The van der Waals surface area contributed by atoms with Crippen LogP contribution < -0.4 is 0 Å². The molecule has 0 spiro atoms. The topological polar surface area (TPSA) is 88.9 Å². The number of Topliss-reactive ketones (excluding diaryl/α,β-unsaturated/α-hetero) is 1. The van der Waals surface area contributed by atoms with Crippen molar-refractivity contribution in [3.05, 3.63) is 71.1 Å². The molecule has 0 aliphatic carbocycles. The van der Waals surface area contributed by atoms with Crippen molar-refractivity contribution in [2.45, 2.75) is 26.2 Å². The Morgan fingerprint density at radius 3 is 2.58 bits per heavy atom. The zero-order valence-corrected chi connectivity index (χ0v) is 19.1. The second kappa shape index (κ2) is 9.15. The summed E-state index contributed by atoms with van der Waals surface area (Å²) in [7, 11) is 0. The van der Waals surface area contributed by atoms with E-state index in [9.17, 15) is 9.59 Å². The first-order valence-corrected chi connectivity index (χ1v) is 11.8. The molecule has 0 radical (unpaired) electrons. The zero-order chi connectivity index (χ0) is 22.8. The summed E-state index contributed by atoms with van der Waals surface area (Å²) in [4.78, 5) is 36.5. The number of ketones is 1. The number of carbonyl (C=O) groups is 2. The number of amides is 1. The van der Waals surface area contributed by atoms with Crippen LogP contribution >= 0.6 is 11.3 Å². The summed E-state index contributed by atoms with van der Waals surface area (Å²) in [6, 6.07) is 15.2. The molecule has 33 heavy (non-hydrogen) atoms. The highest BCUT2D eigenvalue weighted by molar-refractivity contribution is 7.14. The van der Waals surface area contributed by atoms with Crippen molar-refractivity contribution in [1.82, 2.24) is 25.1 Å². The molecule has 1 aliphatic heterocycles. The number of rotatable bonds is 5. The van der Waals surface area contributed by atoms with E-state index in [1.807, 2.05) is 60.4 Å². The van der Waals surface area contributed by atoms with Crippen LogP contribution in [0.5, 0.6) is 0 Å². The van der Waals surface area contributed by atoms with E-state index in [2.05, 4.69) is 20.2 Å². The maximum Gasteiger partial charge on any atom is 0.253 e. The first kappa shape index (κ1) is 21.3. The highest BCUT2D eigenvalue weighted by Gasteiger charge is 2.28. The highest BCUT2D eigenvalue weighted by Crippen LogP contribution is 2.26. The van der Waals surface area contributed by atoms with Crippen LogP contribution in [0.2, 0.25) is 0 Å². The van der Waals surface area contributed by atoms with E-state index in [1.165, 1.54) is 11.3 Å². The van der Waals surface area contributed by atoms with Gasteiger partial charge in [-0.25, -0.2) is 9.97 Å². The Morgan fingerprint density at radius 2 is 1.85 bits per heavy atom. The summed E-state index contributed by atoms with van der Waals surface area (Å²) in [5.74, 6) is 0.624. The smallest absolute Gasteiger partial charge is 0.253 e. The molecule has 0 N–H and O–H groups in total. The van der Waals surface area contributed by atoms with Gasteiger partial charge in [0, 0.05) is 41.7 Å². The Hall–Kier alpha value is -3.52. The molecule has 0 bridgehead atoms. The maximum absolute atomic E-state index is 12.9. The Balaban J connectivity index is 1.24. The summed E-state index contributed by atoms with van der Waals surface area (Å²) in [6.45, 7) is 3.11. The number of fused-ring (bicyclic) bond motifs is 1. The molecule has 8 heteroatoms. The number of piperidine rings is 1. The molecule has 0 atom stereocenters. The normalized spacial score (nSPS) is 14.5. The van der Waals surface area contributed by atoms with Crippen LogP contribution in [0.25, 0.3) is 21.5 Å². The lowest BCUT2D eigenvalue weighted by Crippen LogP contribution is -2.40. The van der Waals surface area contributed by atoms with Gasteiger partial charge in [0.1, 0.15) is 21.6 Å². The van der Waals surface area contributed by atoms with E-state index in [-0.39, 0.29) is 24.0 Å². The van der Waals surface area contributed by atoms with Crippen LogP contribution in [0, 0.1) is 12.8 Å². The molecule has 1 saturated heterocycles. The summed E-state index contributed by atoms with van der Waals surface area (Å²) in [5.41, 5.74) is 2.44. The van der Waals surface area contributed by atoms with E-state index in [4.69, 9.17) is 0 Å². The average molecular weight is 458 g/mol. The van der Waals surface area contributed by atoms with Crippen molar-refractivity contribution < 1.29 is 9.59 Å². The summed E-state index contributed by atoms with van der Waals surface area (Å²) < 4.78 is 0. The van der Waals surface area contributed by atoms with Crippen LogP contribution in [-0.2, 0) is 11.2 Å². The summed E-state index contributed by atoms with van der Waals surface area (Å²) in [6.07, 6.45) is 3.31. The quantitative estimate of drug-likeness (QED) is 0.448.